The van der Waals surface area contributed by atoms with Crippen molar-refractivity contribution in [2.45, 2.75) is 6.42 Å². The van der Waals surface area contributed by atoms with Crippen molar-refractivity contribution in [2.75, 3.05) is 12.0 Å². The van der Waals surface area contributed by atoms with Crippen molar-refractivity contribution in [3.63, 3.8) is 0 Å². The predicted molar refractivity (Wildman–Crippen MR) is 59.6 cm³/mol. The second-order valence-electron chi connectivity index (χ2n) is 2.62. The summed E-state index contributed by atoms with van der Waals surface area (Å²) in [4.78, 5) is 0. The Balaban J connectivity index is 2.59. The van der Waals surface area contributed by atoms with Gasteiger partial charge in [-0.1, -0.05) is 31.9 Å². The topological polar surface area (TPSA) is 12.0 Å². The van der Waals surface area contributed by atoms with Crippen LogP contribution in [0.15, 0.2) is 22.7 Å². The summed E-state index contributed by atoms with van der Waals surface area (Å²) in [5, 5.41) is 3.08. The monoisotopic (exact) mass is 309 g/mol. The molecule has 0 fully saturated rings. The molecule has 0 unspecified atom stereocenters. The van der Waals surface area contributed by atoms with Gasteiger partial charge in [-0.15, -0.1) is 0 Å². The Morgan fingerprint density at radius 1 is 1.38 bits per heavy atom. The highest BCUT2D eigenvalue weighted by Gasteiger charge is 2.01. The molecule has 0 aliphatic rings. The van der Waals surface area contributed by atoms with Crippen molar-refractivity contribution in [2.24, 2.45) is 0 Å². The maximum atomic E-state index is 13.1. The van der Waals surface area contributed by atoms with Gasteiger partial charge in [0.1, 0.15) is 5.82 Å². The molecule has 0 heterocycles. The summed E-state index contributed by atoms with van der Waals surface area (Å²) in [6, 6.07) is 5.00. The van der Waals surface area contributed by atoms with Gasteiger partial charge in [0.25, 0.3) is 0 Å². The van der Waals surface area contributed by atoms with Gasteiger partial charge < -0.3 is 5.32 Å². The van der Waals surface area contributed by atoms with Crippen molar-refractivity contribution >= 4 is 31.9 Å². The Hall–Kier alpha value is 0.0700. The highest BCUT2D eigenvalue weighted by Crippen LogP contribution is 2.15. The van der Waals surface area contributed by atoms with Crippen LogP contribution in [0.4, 0.5) is 4.39 Å². The summed E-state index contributed by atoms with van der Waals surface area (Å²) in [6.45, 7) is 0.776. The Morgan fingerprint density at radius 3 is 2.85 bits per heavy atom. The number of hydrogen-bond acceptors (Lipinski definition) is 1. The van der Waals surface area contributed by atoms with E-state index in [1.54, 1.807) is 6.07 Å². The third-order valence-electron chi connectivity index (χ3n) is 1.67. The molecule has 1 rings (SSSR count). The molecule has 1 N–H and O–H groups in total. The van der Waals surface area contributed by atoms with E-state index in [2.05, 4.69) is 37.2 Å². The van der Waals surface area contributed by atoms with E-state index in [9.17, 15) is 4.39 Å². The Bertz CT molecular complexity index is 278. The van der Waals surface area contributed by atoms with E-state index in [1.165, 1.54) is 6.07 Å². The molecule has 0 aromatic heterocycles. The molecule has 0 aliphatic heterocycles. The molecule has 4 heteroatoms. The fourth-order valence-corrected chi connectivity index (χ4v) is 1.71. The van der Waals surface area contributed by atoms with Gasteiger partial charge in [0, 0.05) is 11.0 Å². The van der Waals surface area contributed by atoms with E-state index in [0.29, 0.717) is 6.42 Å². The van der Waals surface area contributed by atoms with Crippen LogP contribution in [0.3, 0.4) is 0 Å². The molecule has 13 heavy (non-hydrogen) atoms. The van der Waals surface area contributed by atoms with Crippen LogP contribution in [-0.4, -0.2) is 12.0 Å². The quantitative estimate of drug-likeness (QED) is 0.512. The van der Waals surface area contributed by atoms with Gasteiger partial charge >= 0.3 is 0 Å². The molecular formula is C9H10Br2FN. The van der Waals surface area contributed by atoms with Gasteiger partial charge in [0.15, 0.2) is 0 Å². The van der Waals surface area contributed by atoms with E-state index in [-0.39, 0.29) is 5.82 Å². The molecule has 0 amide bonds. The second-order valence-corrected chi connectivity index (χ2v) is 4.10. The number of rotatable bonds is 4. The minimum atomic E-state index is -0.139. The fraction of sp³-hybridized carbons (Fsp3) is 0.333. The van der Waals surface area contributed by atoms with Gasteiger partial charge in [0.05, 0.1) is 5.45 Å². The third-order valence-corrected chi connectivity index (χ3v) is 2.56. The average Bonchev–Trinajstić information content (AvgIpc) is 2.11. The average molecular weight is 311 g/mol. The Labute approximate surface area is 94.0 Å². The summed E-state index contributed by atoms with van der Waals surface area (Å²) in [6.07, 6.45) is 0.705. The maximum absolute atomic E-state index is 13.1. The van der Waals surface area contributed by atoms with E-state index in [0.717, 1.165) is 22.0 Å². The smallest absolute Gasteiger partial charge is 0.126 e. The van der Waals surface area contributed by atoms with Gasteiger partial charge in [-0.05, 0) is 30.2 Å². The highest BCUT2D eigenvalue weighted by molar-refractivity contribution is 9.10. The van der Waals surface area contributed by atoms with Crippen LogP contribution in [0.1, 0.15) is 5.56 Å². The first-order chi connectivity index (χ1) is 6.24. The number of benzene rings is 1. The summed E-state index contributed by atoms with van der Waals surface area (Å²) >= 11 is 6.55. The number of hydrogen-bond donors (Lipinski definition) is 1. The zero-order chi connectivity index (χ0) is 9.68. The molecule has 1 nitrogen and oxygen atoms in total. The normalized spacial score (nSPS) is 10.4. The molecule has 0 saturated heterocycles. The molecule has 0 atom stereocenters. The van der Waals surface area contributed by atoms with Crippen molar-refractivity contribution in [3.05, 3.63) is 34.1 Å². The van der Waals surface area contributed by atoms with Crippen LogP contribution < -0.4 is 5.32 Å². The molecule has 0 aliphatic carbocycles. The zero-order valence-corrected chi connectivity index (χ0v) is 10.2. The summed E-state index contributed by atoms with van der Waals surface area (Å²) < 4.78 is 14.1. The van der Waals surface area contributed by atoms with Crippen LogP contribution in [0.5, 0.6) is 0 Å². The van der Waals surface area contributed by atoms with Gasteiger partial charge in [0.2, 0.25) is 0 Å². The first-order valence-corrected chi connectivity index (χ1v) is 5.86. The molecule has 72 valence electrons. The van der Waals surface area contributed by atoms with Crippen molar-refractivity contribution in [1.82, 2.24) is 5.32 Å². The van der Waals surface area contributed by atoms with Crippen LogP contribution in [0, 0.1) is 5.82 Å². The maximum Gasteiger partial charge on any atom is 0.126 e. The molecule has 1 aromatic rings. The summed E-state index contributed by atoms with van der Waals surface area (Å²) in [7, 11) is 0. The lowest BCUT2D eigenvalue weighted by Crippen LogP contribution is -2.15. The van der Waals surface area contributed by atoms with Crippen molar-refractivity contribution < 1.29 is 4.39 Å². The van der Waals surface area contributed by atoms with E-state index < -0.39 is 0 Å². The highest BCUT2D eigenvalue weighted by atomic mass is 79.9. The van der Waals surface area contributed by atoms with Gasteiger partial charge in [-0.3, -0.25) is 0 Å². The predicted octanol–water partition coefficient (Wildman–Crippen LogP) is 3.07. The third kappa shape index (κ3) is 3.75. The SMILES string of the molecule is Fc1ccc(Br)cc1CCNCBr. The Kier molecular flexibility index (Phi) is 4.91. The molecule has 0 saturated carbocycles. The summed E-state index contributed by atoms with van der Waals surface area (Å²) in [5.41, 5.74) is 1.48. The van der Waals surface area contributed by atoms with Crippen molar-refractivity contribution in [1.29, 1.82) is 0 Å². The fourth-order valence-electron chi connectivity index (χ4n) is 1.02. The van der Waals surface area contributed by atoms with Crippen LogP contribution in [-0.2, 0) is 6.42 Å². The minimum absolute atomic E-state index is 0.139. The zero-order valence-electron chi connectivity index (χ0n) is 6.99. The van der Waals surface area contributed by atoms with Crippen molar-refractivity contribution in [3.8, 4) is 0 Å². The van der Waals surface area contributed by atoms with E-state index in [4.69, 9.17) is 0 Å². The lowest BCUT2D eigenvalue weighted by molar-refractivity contribution is 0.604. The molecule has 1 aromatic carbocycles. The van der Waals surface area contributed by atoms with E-state index in [1.807, 2.05) is 6.07 Å². The number of alkyl halides is 1. The van der Waals surface area contributed by atoms with E-state index >= 15 is 0 Å². The second kappa shape index (κ2) is 5.73. The van der Waals surface area contributed by atoms with Gasteiger partial charge in [-0.25, -0.2) is 4.39 Å². The molecule has 0 spiro atoms. The first kappa shape index (κ1) is 11.1. The number of halogens is 3. The Morgan fingerprint density at radius 2 is 2.15 bits per heavy atom. The molecule has 0 bridgehead atoms. The summed E-state index contributed by atoms with van der Waals surface area (Å²) in [5.74, 6) is -0.139. The molecular weight excluding hydrogens is 301 g/mol. The standard InChI is InChI=1S/C9H10Br2FN/c10-6-13-4-3-7-5-8(11)1-2-9(7)12/h1-2,5,13H,3-4,6H2. The lowest BCUT2D eigenvalue weighted by atomic mass is 10.1. The first-order valence-electron chi connectivity index (χ1n) is 3.94. The van der Waals surface area contributed by atoms with Crippen LogP contribution in [0.2, 0.25) is 0 Å². The van der Waals surface area contributed by atoms with Crippen LogP contribution >= 0.6 is 31.9 Å². The van der Waals surface area contributed by atoms with Crippen LogP contribution in [0.25, 0.3) is 0 Å². The number of nitrogens with one attached hydrogen (secondary N) is 1. The van der Waals surface area contributed by atoms with Gasteiger partial charge in [-0.2, -0.15) is 0 Å². The molecule has 0 radical (unpaired) electrons. The lowest BCUT2D eigenvalue weighted by Gasteiger charge is -2.03. The largest absolute Gasteiger partial charge is 0.307 e. The minimum Gasteiger partial charge on any atom is -0.307 e.